The van der Waals surface area contributed by atoms with Crippen molar-refractivity contribution in [2.24, 2.45) is 0 Å². The van der Waals surface area contributed by atoms with E-state index in [4.69, 9.17) is 46.4 Å². The quantitative estimate of drug-likeness (QED) is 0.810. The molecular formula is C11H12Cl4N2O. The van der Waals surface area contributed by atoms with Crippen LogP contribution in [0.3, 0.4) is 0 Å². The highest BCUT2D eigenvalue weighted by atomic mass is 35.6. The van der Waals surface area contributed by atoms with Crippen LogP contribution in [0.15, 0.2) is 24.3 Å². The maximum Gasteiger partial charge on any atom is 0.321 e. The number of halogens is 4. The highest BCUT2D eigenvalue weighted by molar-refractivity contribution is 6.67. The molecule has 2 amide bonds. The van der Waals surface area contributed by atoms with E-state index in [1.807, 2.05) is 0 Å². The molecule has 7 heteroatoms. The molecule has 0 aliphatic rings. The Labute approximate surface area is 126 Å². The predicted octanol–water partition coefficient (Wildman–Crippen LogP) is 4.56. The average Bonchev–Trinajstić information content (AvgIpc) is 2.24. The third-order valence-electron chi connectivity index (χ3n) is 2.11. The predicted molar refractivity (Wildman–Crippen MR) is 78.0 cm³/mol. The normalized spacial score (nSPS) is 11.2. The van der Waals surface area contributed by atoms with Crippen molar-refractivity contribution in [3.63, 3.8) is 0 Å². The van der Waals surface area contributed by atoms with E-state index in [0.717, 1.165) is 0 Å². The number of anilines is 1. The first kappa shape index (κ1) is 15.7. The fourth-order valence-corrected chi connectivity index (χ4v) is 1.94. The number of nitrogens with one attached hydrogen (secondary N) is 1. The molecule has 0 saturated heterocycles. The lowest BCUT2D eigenvalue weighted by atomic mass is 10.3. The number of alkyl halides is 3. The molecule has 0 radical (unpaired) electrons. The molecule has 0 atom stereocenters. The molecule has 1 rings (SSSR count). The Morgan fingerprint density at radius 3 is 2.56 bits per heavy atom. The van der Waals surface area contributed by atoms with Crippen LogP contribution < -0.4 is 5.32 Å². The molecule has 0 aromatic heterocycles. The Hall–Kier alpha value is -0.350. The van der Waals surface area contributed by atoms with Gasteiger partial charge in [-0.05, 0) is 25.1 Å². The van der Waals surface area contributed by atoms with Gasteiger partial charge in [-0.2, -0.15) is 0 Å². The van der Waals surface area contributed by atoms with Gasteiger partial charge in [-0.15, -0.1) is 0 Å². The van der Waals surface area contributed by atoms with Crippen LogP contribution in [0.25, 0.3) is 0 Å². The standard InChI is InChI=1S/C11H12Cl4N2O/c1-2-17(7-11(13,14)15)10(18)16-9-5-3-4-8(12)6-9/h3-6H,2,7H2,1H3,(H,16,18). The van der Waals surface area contributed by atoms with Crippen molar-refractivity contribution >= 4 is 58.1 Å². The van der Waals surface area contributed by atoms with Crippen LogP contribution in [-0.4, -0.2) is 27.8 Å². The van der Waals surface area contributed by atoms with Gasteiger partial charge in [0.25, 0.3) is 0 Å². The molecule has 3 nitrogen and oxygen atoms in total. The molecule has 1 aromatic carbocycles. The van der Waals surface area contributed by atoms with Crippen molar-refractivity contribution < 1.29 is 4.79 Å². The van der Waals surface area contributed by atoms with Gasteiger partial charge in [0.2, 0.25) is 3.79 Å². The average molecular weight is 330 g/mol. The fourth-order valence-electron chi connectivity index (χ4n) is 1.31. The van der Waals surface area contributed by atoms with Gasteiger partial charge in [-0.1, -0.05) is 52.5 Å². The fraction of sp³-hybridized carbons (Fsp3) is 0.364. The molecule has 0 saturated carbocycles. The van der Waals surface area contributed by atoms with E-state index in [1.165, 1.54) is 4.90 Å². The maximum atomic E-state index is 11.9. The highest BCUT2D eigenvalue weighted by Crippen LogP contribution is 2.27. The SMILES string of the molecule is CCN(CC(Cl)(Cl)Cl)C(=O)Nc1cccc(Cl)c1. The van der Waals surface area contributed by atoms with Crippen LogP contribution in [0.1, 0.15) is 6.92 Å². The number of carbonyl (C=O) groups excluding carboxylic acids is 1. The lowest BCUT2D eigenvalue weighted by Crippen LogP contribution is -2.40. The summed E-state index contributed by atoms with van der Waals surface area (Å²) in [6.07, 6.45) is 0. The van der Waals surface area contributed by atoms with Crippen LogP contribution in [0.5, 0.6) is 0 Å². The number of rotatable bonds is 3. The van der Waals surface area contributed by atoms with Gasteiger partial charge in [0, 0.05) is 17.3 Å². The summed E-state index contributed by atoms with van der Waals surface area (Å²) >= 11 is 22.8. The first-order valence-electron chi connectivity index (χ1n) is 5.20. The molecule has 0 heterocycles. The molecule has 100 valence electrons. The second-order valence-electron chi connectivity index (χ2n) is 3.57. The lowest BCUT2D eigenvalue weighted by molar-refractivity contribution is 0.215. The Morgan fingerprint density at radius 2 is 2.06 bits per heavy atom. The monoisotopic (exact) mass is 328 g/mol. The summed E-state index contributed by atoms with van der Waals surface area (Å²) in [6.45, 7) is 2.24. The van der Waals surface area contributed by atoms with Gasteiger partial charge >= 0.3 is 6.03 Å². The number of urea groups is 1. The Balaban J connectivity index is 2.68. The summed E-state index contributed by atoms with van der Waals surface area (Å²) in [5.74, 6) is 0. The molecule has 0 aliphatic carbocycles. The summed E-state index contributed by atoms with van der Waals surface area (Å²) in [7, 11) is 0. The number of benzene rings is 1. The molecule has 1 aromatic rings. The number of hydrogen-bond acceptors (Lipinski definition) is 1. The van der Waals surface area contributed by atoms with Crippen LogP contribution in [0, 0.1) is 0 Å². The summed E-state index contributed by atoms with van der Waals surface area (Å²) in [5.41, 5.74) is 0.593. The summed E-state index contributed by atoms with van der Waals surface area (Å²) in [5, 5.41) is 3.22. The number of amides is 2. The molecule has 0 aliphatic heterocycles. The number of carbonyl (C=O) groups is 1. The molecule has 18 heavy (non-hydrogen) atoms. The zero-order valence-electron chi connectivity index (χ0n) is 9.59. The van der Waals surface area contributed by atoms with Crippen molar-refractivity contribution in [1.29, 1.82) is 0 Å². The largest absolute Gasteiger partial charge is 0.321 e. The van der Waals surface area contributed by atoms with Crippen molar-refractivity contribution in [3.8, 4) is 0 Å². The van der Waals surface area contributed by atoms with Crippen LogP contribution in [-0.2, 0) is 0 Å². The molecule has 0 bridgehead atoms. The minimum Gasteiger partial charge on any atom is -0.321 e. The van der Waals surface area contributed by atoms with E-state index in [2.05, 4.69) is 5.32 Å². The van der Waals surface area contributed by atoms with Gasteiger partial charge in [-0.3, -0.25) is 0 Å². The second-order valence-corrected chi connectivity index (χ2v) is 6.52. The molecular weight excluding hydrogens is 318 g/mol. The molecule has 0 fully saturated rings. The van der Waals surface area contributed by atoms with Gasteiger partial charge < -0.3 is 10.2 Å². The van der Waals surface area contributed by atoms with E-state index >= 15 is 0 Å². The number of nitrogens with zero attached hydrogens (tertiary/aromatic N) is 1. The van der Waals surface area contributed by atoms with Crippen molar-refractivity contribution in [2.45, 2.75) is 10.7 Å². The topological polar surface area (TPSA) is 32.3 Å². The van der Waals surface area contributed by atoms with Gasteiger partial charge in [0.15, 0.2) is 0 Å². The third kappa shape index (κ3) is 5.53. The van der Waals surface area contributed by atoms with Gasteiger partial charge in [-0.25, -0.2) is 4.79 Å². The van der Waals surface area contributed by atoms with E-state index in [0.29, 0.717) is 17.3 Å². The highest BCUT2D eigenvalue weighted by Gasteiger charge is 2.26. The van der Waals surface area contributed by atoms with Crippen LogP contribution >= 0.6 is 46.4 Å². The van der Waals surface area contributed by atoms with Gasteiger partial charge in [0.05, 0.1) is 6.54 Å². The Morgan fingerprint density at radius 1 is 1.39 bits per heavy atom. The maximum absolute atomic E-state index is 11.9. The summed E-state index contributed by atoms with van der Waals surface area (Å²) < 4.78 is -1.50. The van der Waals surface area contributed by atoms with E-state index in [9.17, 15) is 4.79 Å². The molecule has 1 N–H and O–H groups in total. The van der Waals surface area contributed by atoms with Crippen molar-refractivity contribution in [3.05, 3.63) is 29.3 Å². The second kappa shape index (κ2) is 6.71. The summed E-state index contributed by atoms with van der Waals surface area (Å²) in [6, 6.07) is 6.49. The zero-order chi connectivity index (χ0) is 13.8. The molecule has 0 unspecified atom stereocenters. The van der Waals surface area contributed by atoms with Crippen LogP contribution in [0.2, 0.25) is 5.02 Å². The van der Waals surface area contributed by atoms with Crippen LogP contribution in [0.4, 0.5) is 10.5 Å². The third-order valence-corrected chi connectivity index (χ3v) is 2.71. The minimum absolute atomic E-state index is 0.0145. The lowest BCUT2D eigenvalue weighted by Gasteiger charge is -2.25. The first-order valence-corrected chi connectivity index (χ1v) is 6.71. The van der Waals surface area contributed by atoms with Gasteiger partial charge in [0.1, 0.15) is 0 Å². The van der Waals surface area contributed by atoms with Crippen molar-refractivity contribution in [2.75, 3.05) is 18.4 Å². The molecule has 0 spiro atoms. The zero-order valence-corrected chi connectivity index (χ0v) is 12.6. The summed E-state index contributed by atoms with van der Waals surface area (Å²) in [4.78, 5) is 13.3. The first-order chi connectivity index (χ1) is 8.31. The van der Waals surface area contributed by atoms with Crippen molar-refractivity contribution in [1.82, 2.24) is 4.90 Å². The number of hydrogen-bond donors (Lipinski definition) is 1. The Bertz CT molecular complexity index is 420. The van der Waals surface area contributed by atoms with E-state index in [-0.39, 0.29) is 12.6 Å². The van der Waals surface area contributed by atoms with E-state index in [1.54, 1.807) is 31.2 Å². The smallest absolute Gasteiger partial charge is 0.321 e. The van der Waals surface area contributed by atoms with E-state index < -0.39 is 3.79 Å². The minimum atomic E-state index is -1.50. The Kier molecular flexibility index (Phi) is 5.86.